The normalized spacial score (nSPS) is 18.4. The minimum atomic E-state index is -0.399. The van der Waals surface area contributed by atoms with Gasteiger partial charge in [0.15, 0.2) is 0 Å². The Kier molecular flexibility index (Phi) is 6.78. The van der Waals surface area contributed by atoms with E-state index in [1.54, 1.807) is 6.08 Å². The van der Waals surface area contributed by atoms with E-state index in [4.69, 9.17) is 0 Å². The van der Waals surface area contributed by atoms with Crippen molar-refractivity contribution >= 4 is 40.6 Å². The molecule has 0 radical (unpaired) electrons. The number of hydrogen-bond acceptors (Lipinski definition) is 5. The number of carbonyl (C=O) groups excluding carboxylic acids is 3. The molecule has 0 spiro atoms. The van der Waals surface area contributed by atoms with Gasteiger partial charge < -0.3 is 10.2 Å². The molecule has 3 rings (SSSR count). The van der Waals surface area contributed by atoms with Crippen LogP contribution in [0, 0.1) is 6.92 Å². The number of aryl methyl sites for hydroxylation is 1. The van der Waals surface area contributed by atoms with Crippen molar-refractivity contribution in [1.29, 1.82) is 0 Å². The van der Waals surface area contributed by atoms with Crippen LogP contribution in [0.1, 0.15) is 43.7 Å². The van der Waals surface area contributed by atoms with Crippen molar-refractivity contribution < 1.29 is 14.4 Å². The molecule has 28 heavy (non-hydrogen) atoms. The van der Waals surface area contributed by atoms with Crippen LogP contribution in [0.3, 0.4) is 0 Å². The molecule has 0 unspecified atom stereocenters. The standard InChI is InChI=1S/C21H27N3O3S/c1-3-4-9-22-19(25)14-24-20(26)18(28-21(24)27)13-16-7-8-17(12-15(16)2)23-10-5-6-11-23/h7-8,12-13H,3-6,9-11,14H2,1-2H3,(H,22,25)/b18-13-. The molecule has 0 saturated carbocycles. The molecule has 0 atom stereocenters. The summed E-state index contributed by atoms with van der Waals surface area (Å²) in [6.45, 7) is 6.54. The van der Waals surface area contributed by atoms with E-state index < -0.39 is 11.1 Å². The van der Waals surface area contributed by atoms with Gasteiger partial charge in [-0.25, -0.2) is 0 Å². The number of hydrogen-bond donors (Lipinski definition) is 1. The highest BCUT2D eigenvalue weighted by Crippen LogP contribution is 2.33. The number of carbonyl (C=O) groups is 3. The second-order valence-corrected chi connectivity index (χ2v) is 8.20. The highest BCUT2D eigenvalue weighted by Gasteiger charge is 2.36. The number of benzene rings is 1. The van der Waals surface area contributed by atoms with Gasteiger partial charge in [0.05, 0.1) is 4.91 Å². The summed E-state index contributed by atoms with van der Waals surface area (Å²) >= 11 is 0.893. The first kappa shape index (κ1) is 20.5. The minimum absolute atomic E-state index is 0.224. The van der Waals surface area contributed by atoms with Crippen LogP contribution in [-0.4, -0.2) is 48.1 Å². The van der Waals surface area contributed by atoms with Crippen molar-refractivity contribution in [2.24, 2.45) is 0 Å². The molecule has 2 fully saturated rings. The fraction of sp³-hybridized carbons (Fsp3) is 0.476. The van der Waals surface area contributed by atoms with Gasteiger partial charge in [-0.05, 0) is 67.3 Å². The highest BCUT2D eigenvalue weighted by atomic mass is 32.2. The zero-order valence-electron chi connectivity index (χ0n) is 16.5. The van der Waals surface area contributed by atoms with Gasteiger partial charge in [-0.15, -0.1) is 0 Å². The monoisotopic (exact) mass is 401 g/mol. The Labute approximate surface area is 170 Å². The van der Waals surface area contributed by atoms with Crippen molar-refractivity contribution in [2.75, 3.05) is 31.1 Å². The molecule has 0 aliphatic carbocycles. The smallest absolute Gasteiger partial charge is 0.294 e. The average Bonchev–Trinajstić information content (AvgIpc) is 3.29. The molecule has 6 nitrogen and oxygen atoms in total. The summed E-state index contributed by atoms with van der Waals surface area (Å²) in [5, 5.41) is 2.34. The molecule has 3 amide bonds. The van der Waals surface area contributed by atoms with Crippen LogP contribution in [0.4, 0.5) is 10.5 Å². The Bertz CT molecular complexity index is 800. The zero-order valence-corrected chi connectivity index (χ0v) is 17.3. The average molecular weight is 402 g/mol. The molecular formula is C21H27N3O3S. The molecule has 2 heterocycles. The lowest BCUT2D eigenvalue weighted by Crippen LogP contribution is -2.39. The lowest BCUT2D eigenvalue weighted by Gasteiger charge is -2.18. The number of anilines is 1. The first-order valence-corrected chi connectivity index (χ1v) is 10.7. The first-order chi connectivity index (χ1) is 13.5. The van der Waals surface area contributed by atoms with Crippen molar-refractivity contribution in [3.8, 4) is 0 Å². The van der Waals surface area contributed by atoms with Gasteiger partial charge in [0.1, 0.15) is 6.54 Å². The summed E-state index contributed by atoms with van der Waals surface area (Å²) in [4.78, 5) is 40.5. The number of thioether (sulfide) groups is 1. The van der Waals surface area contributed by atoms with E-state index >= 15 is 0 Å². The molecule has 2 aliphatic rings. The fourth-order valence-corrected chi connectivity index (χ4v) is 4.20. The quantitative estimate of drug-likeness (QED) is 0.559. The van der Waals surface area contributed by atoms with E-state index in [-0.39, 0.29) is 12.5 Å². The largest absolute Gasteiger partial charge is 0.372 e. The van der Waals surface area contributed by atoms with Crippen LogP contribution in [0.5, 0.6) is 0 Å². The van der Waals surface area contributed by atoms with Gasteiger partial charge in [-0.3, -0.25) is 19.3 Å². The van der Waals surface area contributed by atoms with Crippen molar-refractivity contribution in [3.63, 3.8) is 0 Å². The lowest BCUT2D eigenvalue weighted by atomic mass is 10.1. The molecule has 2 saturated heterocycles. The minimum Gasteiger partial charge on any atom is -0.372 e. The van der Waals surface area contributed by atoms with E-state index in [0.29, 0.717) is 11.4 Å². The Morgan fingerprint density at radius 2 is 2.00 bits per heavy atom. The number of rotatable bonds is 7. The van der Waals surface area contributed by atoms with Crippen LogP contribution in [0.25, 0.3) is 6.08 Å². The van der Waals surface area contributed by atoms with Gasteiger partial charge in [0, 0.05) is 25.3 Å². The third-order valence-corrected chi connectivity index (χ3v) is 5.95. The maximum atomic E-state index is 12.6. The Morgan fingerprint density at radius 3 is 2.68 bits per heavy atom. The summed E-state index contributed by atoms with van der Waals surface area (Å²) in [5.41, 5.74) is 3.18. The van der Waals surface area contributed by atoms with Crippen LogP contribution < -0.4 is 10.2 Å². The highest BCUT2D eigenvalue weighted by molar-refractivity contribution is 8.18. The molecule has 1 aromatic rings. The number of unbranched alkanes of at least 4 members (excludes halogenated alkanes) is 1. The second kappa shape index (κ2) is 9.28. The van der Waals surface area contributed by atoms with Gasteiger partial charge in [0.25, 0.3) is 11.1 Å². The van der Waals surface area contributed by atoms with Crippen molar-refractivity contribution in [2.45, 2.75) is 39.5 Å². The predicted octanol–water partition coefficient (Wildman–Crippen LogP) is 3.55. The third kappa shape index (κ3) is 4.76. The molecule has 1 N–H and O–H groups in total. The summed E-state index contributed by atoms with van der Waals surface area (Å²) in [6.07, 6.45) is 6.05. The molecule has 7 heteroatoms. The Balaban J connectivity index is 1.68. The molecule has 150 valence electrons. The predicted molar refractivity (Wildman–Crippen MR) is 113 cm³/mol. The topological polar surface area (TPSA) is 69.7 Å². The number of amides is 3. The van der Waals surface area contributed by atoms with Gasteiger partial charge in [-0.2, -0.15) is 0 Å². The van der Waals surface area contributed by atoms with Crippen molar-refractivity contribution in [1.82, 2.24) is 10.2 Å². The molecular weight excluding hydrogens is 374 g/mol. The number of nitrogens with one attached hydrogen (secondary N) is 1. The second-order valence-electron chi connectivity index (χ2n) is 7.21. The maximum absolute atomic E-state index is 12.6. The van der Waals surface area contributed by atoms with E-state index in [0.717, 1.165) is 53.7 Å². The summed E-state index contributed by atoms with van der Waals surface area (Å²) in [7, 11) is 0. The van der Waals surface area contributed by atoms with E-state index in [1.807, 2.05) is 19.9 Å². The zero-order chi connectivity index (χ0) is 20.1. The maximum Gasteiger partial charge on any atom is 0.294 e. The van der Waals surface area contributed by atoms with E-state index in [1.165, 1.54) is 18.5 Å². The Morgan fingerprint density at radius 1 is 1.25 bits per heavy atom. The molecule has 2 aliphatic heterocycles. The van der Waals surface area contributed by atoms with E-state index in [2.05, 4.69) is 22.3 Å². The van der Waals surface area contributed by atoms with E-state index in [9.17, 15) is 14.4 Å². The first-order valence-electron chi connectivity index (χ1n) is 9.87. The molecule has 0 bridgehead atoms. The van der Waals surface area contributed by atoms with Crippen LogP contribution in [0.2, 0.25) is 0 Å². The van der Waals surface area contributed by atoms with Crippen LogP contribution >= 0.6 is 11.8 Å². The number of nitrogens with zero attached hydrogens (tertiary/aromatic N) is 2. The van der Waals surface area contributed by atoms with Crippen LogP contribution in [-0.2, 0) is 9.59 Å². The van der Waals surface area contributed by atoms with Gasteiger partial charge >= 0.3 is 0 Å². The summed E-state index contributed by atoms with van der Waals surface area (Å²) in [5.74, 6) is -0.702. The van der Waals surface area contributed by atoms with Gasteiger partial charge in [-0.1, -0.05) is 19.4 Å². The van der Waals surface area contributed by atoms with Crippen molar-refractivity contribution in [3.05, 3.63) is 34.2 Å². The summed E-state index contributed by atoms with van der Waals surface area (Å²) < 4.78 is 0. The van der Waals surface area contributed by atoms with Crippen LogP contribution in [0.15, 0.2) is 23.1 Å². The lowest BCUT2D eigenvalue weighted by molar-refractivity contribution is -0.129. The fourth-order valence-electron chi connectivity index (χ4n) is 3.38. The Hall–Kier alpha value is -2.28. The van der Waals surface area contributed by atoms with Gasteiger partial charge in [0.2, 0.25) is 5.91 Å². The SMILES string of the molecule is CCCCNC(=O)CN1C(=O)S/C(=C\c2ccc(N3CCCC3)cc2C)C1=O. The number of imide groups is 1. The molecule has 0 aromatic heterocycles. The third-order valence-electron chi connectivity index (χ3n) is 5.04. The molecule has 1 aromatic carbocycles. The summed E-state index contributed by atoms with van der Waals surface area (Å²) in [6, 6.07) is 6.19.